The van der Waals surface area contributed by atoms with E-state index in [2.05, 4.69) is 0 Å². The summed E-state index contributed by atoms with van der Waals surface area (Å²) in [5, 5.41) is 18.2. The van der Waals surface area contributed by atoms with Crippen LogP contribution < -0.4 is 4.74 Å². The molecule has 0 fully saturated rings. The summed E-state index contributed by atoms with van der Waals surface area (Å²) in [6.45, 7) is 0. The van der Waals surface area contributed by atoms with E-state index in [-0.39, 0.29) is 23.5 Å². The molecule has 2 aromatic carbocycles. The van der Waals surface area contributed by atoms with Crippen molar-refractivity contribution < 1.29 is 24.5 Å². The highest BCUT2D eigenvalue weighted by Gasteiger charge is 2.13. The topological polar surface area (TPSA) is 83.8 Å². The van der Waals surface area contributed by atoms with Gasteiger partial charge in [-0.2, -0.15) is 0 Å². The number of benzene rings is 2. The quantitative estimate of drug-likeness (QED) is 0.658. The van der Waals surface area contributed by atoms with Gasteiger partial charge in [0.25, 0.3) is 0 Å². The smallest absolute Gasteiger partial charge is 0.339 e. The van der Waals surface area contributed by atoms with Gasteiger partial charge >= 0.3 is 11.9 Å². The maximum Gasteiger partial charge on any atom is 0.339 e. The Kier molecular flexibility index (Phi) is 4.00. The van der Waals surface area contributed by atoms with E-state index in [1.807, 2.05) is 18.2 Å². The lowest BCUT2D eigenvalue weighted by atomic mass is 10.1. The number of hydrogen-bond acceptors (Lipinski definition) is 4. The fraction of sp³-hybridized carbons (Fsp3) is 0.0667. The van der Waals surface area contributed by atoms with E-state index in [1.165, 1.54) is 12.1 Å². The van der Waals surface area contributed by atoms with Crippen LogP contribution in [0.5, 0.6) is 11.5 Å². The fourth-order valence-corrected chi connectivity index (χ4v) is 1.68. The van der Waals surface area contributed by atoms with Crippen LogP contribution in [0.3, 0.4) is 0 Å². The Labute approximate surface area is 115 Å². The molecule has 0 saturated heterocycles. The van der Waals surface area contributed by atoms with Crippen LogP contribution in [0.15, 0.2) is 48.5 Å². The summed E-state index contributed by atoms with van der Waals surface area (Å²) in [6, 6.07) is 12.7. The number of hydrogen-bond donors (Lipinski definition) is 2. The van der Waals surface area contributed by atoms with Crippen molar-refractivity contribution in [3.8, 4) is 11.5 Å². The second-order valence-electron chi connectivity index (χ2n) is 4.12. The molecular formula is C15H12O5. The molecule has 0 aromatic heterocycles. The van der Waals surface area contributed by atoms with Gasteiger partial charge in [0, 0.05) is 0 Å². The van der Waals surface area contributed by atoms with Gasteiger partial charge in [0.15, 0.2) is 0 Å². The van der Waals surface area contributed by atoms with Crippen molar-refractivity contribution in [2.75, 3.05) is 0 Å². The molecule has 2 rings (SSSR count). The number of rotatable bonds is 4. The first kappa shape index (κ1) is 13.6. The van der Waals surface area contributed by atoms with Crippen molar-refractivity contribution in [3.63, 3.8) is 0 Å². The number of esters is 1. The van der Waals surface area contributed by atoms with E-state index >= 15 is 0 Å². The summed E-state index contributed by atoms with van der Waals surface area (Å²) in [5.74, 6) is -2.08. The molecule has 0 aliphatic carbocycles. The summed E-state index contributed by atoms with van der Waals surface area (Å²) in [7, 11) is 0. The molecule has 0 radical (unpaired) electrons. The van der Waals surface area contributed by atoms with Gasteiger partial charge in [-0.05, 0) is 23.8 Å². The van der Waals surface area contributed by atoms with Gasteiger partial charge in [0.2, 0.25) is 0 Å². The highest BCUT2D eigenvalue weighted by molar-refractivity contribution is 5.91. The van der Waals surface area contributed by atoms with Crippen LogP contribution in [0, 0.1) is 0 Å². The molecule has 20 heavy (non-hydrogen) atoms. The number of carboxylic acids is 1. The van der Waals surface area contributed by atoms with Crippen LogP contribution >= 0.6 is 0 Å². The average Bonchev–Trinajstić information content (AvgIpc) is 2.41. The number of aromatic carboxylic acids is 1. The van der Waals surface area contributed by atoms with Crippen molar-refractivity contribution in [2.45, 2.75) is 6.42 Å². The average molecular weight is 272 g/mol. The summed E-state index contributed by atoms with van der Waals surface area (Å²) in [6.07, 6.45) is 0.0874. The van der Waals surface area contributed by atoms with E-state index in [0.717, 1.165) is 11.6 Å². The summed E-state index contributed by atoms with van der Waals surface area (Å²) in [5.41, 5.74) is 0.491. The lowest BCUT2D eigenvalue weighted by molar-refractivity contribution is -0.133. The van der Waals surface area contributed by atoms with Crippen LogP contribution in [0.25, 0.3) is 0 Å². The molecule has 0 spiro atoms. The summed E-state index contributed by atoms with van der Waals surface area (Å²) in [4.78, 5) is 22.6. The molecule has 5 heteroatoms. The van der Waals surface area contributed by atoms with E-state index in [1.54, 1.807) is 12.1 Å². The maximum atomic E-state index is 11.7. The van der Waals surface area contributed by atoms with Gasteiger partial charge in [0.05, 0.1) is 6.42 Å². The molecule has 102 valence electrons. The van der Waals surface area contributed by atoms with E-state index in [4.69, 9.17) is 9.84 Å². The third-order valence-corrected chi connectivity index (χ3v) is 2.62. The zero-order valence-electron chi connectivity index (χ0n) is 10.4. The van der Waals surface area contributed by atoms with Crippen molar-refractivity contribution in [2.24, 2.45) is 0 Å². The number of carbonyl (C=O) groups excluding carboxylic acids is 1. The van der Waals surface area contributed by atoms with Gasteiger partial charge in [-0.3, -0.25) is 4.79 Å². The van der Waals surface area contributed by atoms with Crippen molar-refractivity contribution in [3.05, 3.63) is 59.7 Å². The molecular weight excluding hydrogens is 260 g/mol. The van der Waals surface area contributed by atoms with Crippen molar-refractivity contribution in [1.29, 1.82) is 0 Å². The van der Waals surface area contributed by atoms with Gasteiger partial charge < -0.3 is 14.9 Å². The predicted molar refractivity (Wildman–Crippen MR) is 70.8 cm³/mol. The molecule has 0 aliphatic rings. The normalized spacial score (nSPS) is 10.0. The number of aromatic hydroxyl groups is 1. The van der Waals surface area contributed by atoms with Gasteiger partial charge in [-0.25, -0.2) is 4.79 Å². The third-order valence-electron chi connectivity index (χ3n) is 2.62. The second kappa shape index (κ2) is 5.88. The minimum atomic E-state index is -1.29. The highest BCUT2D eigenvalue weighted by Crippen LogP contribution is 2.23. The standard InChI is InChI=1S/C15H12O5/c16-13-7-6-11(9-12(13)15(18)19)20-14(17)8-10-4-2-1-3-5-10/h1-7,9,16H,8H2,(H,18,19). The molecule has 0 atom stereocenters. The summed E-state index contributed by atoms with van der Waals surface area (Å²) < 4.78 is 5.05. The first-order chi connectivity index (χ1) is 9.56. The maximum absolute atomic E-state index is 11.7. The fourth-order valence-electron chi connectivity index (χ4n) is 1.68. The predicted octanol–water partition coefficient (Wildman–Crippen LogP) is 2.24. The second-order valence-corrected chi connectivity index (χ2v) is 4.12. The van der Waals surface area contributed by atoms with Gasteiger partial charge in [0.1, 0.15) is 17.1 Å². The molecule has 0 amide bonds. The van der Waals surface area contributed by atoms with Crippen LogP contribution in [0.4, 0.5) is 0 Å². The molecule has 2 aromatic rings. The third kappa shape index (κ3) is 3.35. The van der Waals surface area contributed by atoms with E-state index < -0.39 is 11.9 Å². The number of ether oxygens (including phenoxy) is 1. The van der Waals surface area contributed by atoms with Crippen LogP contribution in [0.1, 0.15) is 15.9 Å². The Morgan fingerprint density at radius 3 is 2.40 bits per heavy atom. The Morgan fingerprint density at radius 2 is 1.75 bits per heavy atom. The number of carboxylic acid groups (broad SMARTS) is 1. The van der Waals surface area contributed by atoms with Crippen molar-refractivity contribution >= 4 is 11.9 Å². The molecule has 0 aliphatic heterocycles. The first-order valence-corrected chi connectivity index (χ1v) is 5.87. The van der Waals surface area contributed by atoms with E-state index in [9.17, 15) is 14.7 Å². The largest absolute Gasteiger partial charge is 0.507 e. The molecule has 5 nitrogen and oxygen atoms in total. The minimum absolute atomic E-state index is 0.0844. The molecule has 0 heterocycles. The summed E-state index contributed by atoms with van der Waals surface area (Å²) >= 11 is 0. The van der Waals surface area contributed by atoms with Gasteiger partial charge in [-0.1, -0.05) is 30.3 Å². The Hall–Kier alpha value is -2.82. The Morgan fingerprint density at radius 1 is 1.05 bits per heavy atom. The lowest BCUT2D eigenvalue weighted by Crippen LogP contribution is -2.11. The zero-order chi connectivity index (χ0) is 14.5. The molecule has 0 unspecified atom stereocenters. The van der Waals surface area contributed by atoms with Crippen molar-refractivity contribution in [1.82, 2.24) is 0 Å². The Balaban J connectivity index is 2.08. The first-order valence-electron chi connectivity index (χ1n) is 5.87. The number of carbonyl (C=O) groups is 2. The van der Waals surface area contributed by atoms with Crippen LogP contribution in [-0.2, 0) is 11.2 Å². The zero-order valence-corrected chi connectivity index (χ0v) is 10.4. The highest BCUT2D eigenvalue weighted by atomic mass is 16.5. The monoisotopic (exact) mass is 272 g/mol. The Bertz CT molecular complexity index is 634. The lowest BCUT2D eigenvalue weighted by Gasteiger charge is -2.06. The van der Waals surface area contributed by atoms with Crippen LogP contribution in [-0.4, -0.2) is 22.2 Å². The molecule has 0 bridgehead atoms. The van der Waals surface area contributed by atoms with Gasteiger partial charge in [-0.15, -0.1) is 0 Å². The minimum Gasteiger partial charge on any atom is -0.507 e. The van der Waals surface area contributed by atoms with E-state index in [0.29, 0.717) is 0 Å². The molecule has 0 saturated carbocycles. The number of phenols is 1. The molecule has 2 N–H and O–H groups in total. The SMILES string of the molecule is O=C(Cc1ccccc1)Oc1ccc(O)c(C(=O)O)c1. The van der Waals surface area contributed by atoms with Crippen LogP contribution in [0.2, 0.25) is 0 Å².